The Kier molecular flexibility index (Phi) is 2.70. The van der Waals surface area contributed by atoms with Crippen LogP contribution in [0.25, 0.3) is 0 Å². The minimum Gasteiger partial charge on any atom is -0.393 e. The van der Waals surface area contributed by atoms with E-state index in [1.54, 1.807) is 0 Å². The molecule has 1 aromatic rings. The molecule has 102 valence electrons. The zero-order valence-corrected chi connectivity index (χ0v) is 11.7. The van der Waals surface area contributed by atoms with E-state index in [0.717, 1.165) is 17.9 Å². The SMILES string of the molecule is OC1CC2(C1)CC2NC1CC(c2ccc(Cl)cc2)C1. The average molecular weight is 278 g/mol. The van der Waals surface area contributed by atoms with E-state index in [4.69, 9.17) is 11.6 Å². The van der Waals surface area contributed by atoms with E-state index in [1.807, 2.05) is 12.1 Å². The van der Waals surface area contributed by atoms with Gasteiger partial charge in [-0.1, -0.05) is 23.7 Å². The monoisotopic (exact) mass is 277 g/mol. The van der Waals surface area contributed by atoms with Crippen molar-refractivity contribution in [3.8, 4) is 0 Å². The largest absolute Gasteiger partial charge is 0.393 e. The van der Waals surface area contributed by atoms with Gasteiger partial charge in [0.15, 0.2) is 0 Å². The molecule has 0 radical (unpaired) electrons. The van der Waals surface area contributed by atoms with E-state index in [1.165, 1.54) is 24.8 Å². The molecule has 0 bridgehead atoms. The van der Waals surface area contributed by atoms with Crippen molar-refractivity contribution in [1.29, 1.82) is 0 Å². The molecular formula is C16H20ClNO. The Morgan fingerprint density at radius 1 is 1.11 bits per heavy atom. The molecule has 3 fully saturated rings. The predicted octanol–water partition coefficient (Wildman–Crippen LogP) is 3.09. The number of halogens is 1. The van der Waals surface area contributed by atoms with Gasteiger partial charge in [0.2, 0.25) is 0 Å². The lowest BCUT2D eigenvalue weighted by atomic mass is 9.75. The molecule has 0 heterocycles. The molecule has 4 rings (SSSR count). The molecular weight excluding hydrogens is 258 g/mol. The Bertz CT molecular complexity index is 474. The second kappa shape index (κ2) is 4.21. The third-order valence-corrected chi connectivity index (χ3v) is 5.64. The highest BCUT2D eigenvalue weighted by molar-refractivity contribution is 6.30. The van der Waals surface area contributed by atoms with Crippen LogP contribution in [-0.2, 0) is 0 Å². The third kappa shape index (κ3) is 2.10. The van der Waals surface area contributed by atoms with Gasteiger partial charge < -0.3 is 10.4 Å². The van der Waals surface area contributed by atoms with Crippen LogP contribution in [0.5, 0.6) is 0 Å². The Hall–Kier alpha value is -0.570. The first-order valence-electron chi connectivity index (χ1n) is 7.34. The summed E-state index contributed by atoms with van der Waals surface area (Å²) >= 11 is 5.92. The molecule has 2 nitrogen and oxygen atoms in total. The normalized spacial score (nSPS) is 43.7. The lowest BCUT2D eigenvalue weighted by Gasteiger charge is -2.39. The summed E-state index contributed by atoms with van der Waals surface area (Å²) in [5.41, 5.74) is 1.91. The Labute approximate surface area is 119 Å². The maximum Gasteiger partial charge on any atom is 0.0552 e. The van der Waals surface area contributed by atoms with Gasteiger partial charge in [-0.15, -0.1) is 0 Å². The van der Waals surface area contributed by atoms with Crippen LogP contribution in [-0.4, -0.2) is 23.3 Å². The number of aliphatic hydroxyl groups excluding tert-OH is 1. The van der Waals surface area contributed by atoms with Crippen LogP contribution in [0.2, 0.25) is 5.02 Å². The van der Waals surface area contributed by atoms with E-state index < -0.39 is 0 Å². The molecule has 0 aliphatic heterocycles. The maximum atomic E-state index is 9.42. The highest BCUT2D eigenvalue weighted by atomic mass is 35.5. The minimum absolute atomic E-state index is 0.0185. The highest BCUT2D eigenvalue weighted by Crippen LogP contribution is 2.61. The summed E-state index contributed by atoms with van der Waals surface area (Å²) in [6.45, 7) is 0. The molecule has 3 heteroatoms. The van der Waals surface area contributed by atoms with Crippen LogP contribution in [0.1, 0.15) is 43.6 Å². The first kappa shape index (κ1) is 12.2. The fourth-order valence-corrected chi connectivity index (χ4v) is 4.08. The molecule has 1 unspecified atom stereocenters. The molecule has 3 aliphatic carbocycles. The van der Waals surface area contributed by atoms with Crippen LogP contribution >= 0.6 is 11.6 Å². The molecule has 1 spiro atoms. The fraction of sp³-hybridized carbons (Fsp3) is 0.625. The van der Waals surface area contributed by atoms with Crippen molar-refractivity contribution in [1.82, 2.24) is 5.32 Å². The average Bonchev–Trinajstić information content (AvgIpc) is 2.98. The quantitative estimate of drug-likeness (QED) is 0.890. The van der Waals surface area contributed by atoms with Crippen molar-refractivity contribution >= 4 is 11.6 Å². The van der Waals surface area contributed by atoms with E-state index in [9.17, 15) is 5.11 Å². The van der Waals surface area contributed by atoms with E-state index in [2.05, 4.69) is 17.4 Å². The van der Waals surface area contributed by atoms with Gasteiger partial charge in [-0.3, -0.25) is 0 Å². The lowest BCUT2D eigenvalue weighted by Crippen LogP contribution is -2.45. The number of benzene rings is 1. The van der Waals surface area contributed by atoms with Crippen molar-refractivity contribution in [2.45, 2.75) is 56.2 Å². The van der Waals surface area contributed by atoms with Gasteiger partial charge >= 0.3 is 0 Å². The topological polar surface area (TPSA) is 32.3 Å². The third-order valence-electron chi connectivity index (χ3n) is 5.39. The Morgan fingerprint density at radius 2 is 1.79 bits per heavy atom. The standard InChI is InChI=1S/C16H20ClNO/c17-12-3-1-10(2-4-12)11-5-13(6-11)18-15-9-16(15)7-14(19)8-16/h1-4,11,13-15,18-19H,5-9H2. The summed E-state index contributed by atoms with van der Waals surface area (Å²) in [5, 5.41) is 14.0. The first-order valence-corrected chi connectivity index (χ1v) is 7.72. The van der Waals surface area contributed by atoms with Gasteiger partial charge in [-0.05, 0) is 61.1 Å². The summed E-state index contributed by atoms with van der Waals surface area (Å²) < 4.78 is 0. The first-order chi connectivity index (χ1) is 9.14. The van der Waals surface area contributed by atoms with Gasteiger partial charge in [0, 0.05) is 17.1 Å². The summed E-state index contributed by atoms with van der Waals surface area (Å²) in [5.74, 6) is 0.705. The molecule has 1 aromatic carbocycles. The molecule has 1 atom stereocenters. The molecule has 2 N–H and O–H groups in total. The van der Waals surface area contributed by atoms with Crippen molar-refractivity contribution in [3.05, 3.63) is 34.9 Å². The van der Waals surface area contributed by atoms with Crippen LogP contribution in [0.3, 0.4) is 0 Å². The number of rotatable bonds is 3. The van der Waals surface area contributed by atoms with Gasteiger partial charge in [0.1, 0.15) is 0 Å². The van der Waals surface area contributed by atoms with Crippen molar-refractivity contribution in [2.24, 2.45) is 5.41 Å². The smallest absolute Gasteiger partial charge is 0.0552 e. The van der Waals surface area contributed by atoms with Crippen molar-refractivity contribution in [3.63, 3.8) is 0 Å². The zero-order chi connectivity index (χ0) is 13.0. The summed E-state index contributed by atoms with van der Waals surface area (Å²) in [6.07, 6.45) is 5.81. The number of aliphatic hydroxyl groups is 1. The molecule has 0 saturated heterocycles. The second-order valence-corrected chi connectivity index (χ2v) is 7.20. The van der Waals surface area contributed by atoms with E-state index in [0.29, 0.717) is 23.4 Å². The summed E-state index contributed by atoms with van der Waals surface area (Å²) in [4.78, 5) is 0. The Balaban J connectivity index is 1.26. The van der Waals surface area contributed by atoms with Gasteiger partial charge in [0.25, 0.3) is 0 Å². The van der Waals surface area contributed by atoms with Gasteiger partial charge in [0.05, 0.1) is 6.10 Å². The highest BCUT2D eigenvalue weighted by Gasteiger charge is 2.61. The van der Waals surface area contributed by atoms with Crippen LogP contribution in [0.15, 0.2) is 24.3 Å². The number of nitrogens with one attached hydrogen (secondary N) is 1. The number of hydrogen-bond acceptors (Lipinski definition) is 2. The van der Waals surface area contributed by atoms with Gasteiger partial charge in [-0.25, -0.2) is 0 Å². The zero-order valence-electron chi connectivity index (χ0n) is 11.0. The fourth-order valence-electron chi connectivity index (χ4n) is 3.96. The predicted molar refractivity (Wildman–Crippen MR) is 76.4 cm³/mol. The van der Waals surface area contributed by atoms with Crippen molar-refractivity contribution < 1.29 is 5.11 Å². The van der Waals surface area contributed by atoms with Crippen LogP contribution < -0.4 is 5.32 Å². The van der Waals surface area contributed by atoms with Crippen LogP contribution in [0.4, 0.5) is 0 Å². The Morgan fingerprint density at radius 3 is 2.42 bits per heavy atom. The van der Waals surface area contributed by atoms with E-state index >= 15 is 0 Å². The summed E-state index contributed by atoms with van der Waals surface area (Å²) in [7, 11) is 0. The van der Waals surface area contributed by atoms with Crippen LogP contribution in [0, 0.1) is 5.41 Å². The maximum absolute atomic E-state index is 9.42. The molecule has 3 saturated carbocycles. The second-order valence-electron chi connectivity index (χ2n) is 6.76. The molecule has 3 aliphatic rings. The van der Waals surface area contributed by atoms with E-state index in [-0.39, 0.29) is 6.10 Å². The molecule has 0 aromatic heterocycles. The minimum atomic E-state index is -0.0185. The summed E-state index contributed by atoms with van der Waals surface area (Å²) in [6, 6.07) is 9.66. The van der Waals surface area contributed by atoms with Gasteiger partial charge in [-0.2, -0.15) is 0 Å². The lowest BCUT2D eigenvalue weighted by molar-refractivity contribution is 0.0219. The molecule has 19 heavy (non-hydrogen) atoms. The molecule has 0 amide bonds. The number of hydrogen-bond donors (Lipinski definition) is 2. The van der Waals surface area contributed by atoms with Crippen molar-refractivity contribution in [2.75, 3.05) is 0 Å².